The predicted molar refractivity (Wildman–Crippen MR) is 112 cm³/mol. The Labute approximate surface area is 175 Å². The molecule has 0 unspecified atom stereocenters. The highest BCUT2D eigenvalue weighted by molar-refractivity contribution is 7.89. The number of anilines is 1. The molecule has 0 aliphatic rings. The first-order chi connectivity index (χ1) is 14.4. The lowest BCUT2D eigenvalue weighted by Crippen LogP contribution is -2.30. The van der Waals surface area contributed by atoms with Gasteiger partial charge in [0.05, 0.1) is 4.90 Å². The zero-order valence-corrected chi connectivity index (χ0v) is 17.6. The number of nitrogens with one attached hydrogen (secondary N) is 1. The fourth-order valence-electron chi connectivity index (χ4n) is 2.78. The van der Waals surface area contributed by atoms with Crippen molar-refractivity contribution >= 4 is 16.0 Å². The van der Waals surface area contributed by atoms with Crippen LogP contribution < -0.4 is 10.1 Å². The second-order valence-corrected chi connectivity index (χ2v) is 8.30. The quantitative estimate of drug-likeness (QED) is 0.551. The number of ether oxygens (including phenoxy) is 1. The van der Waals surface area contributed by atoms with Crippen LogP contribution in [0.5, 0.6) is 11.6 Å². The topological polar surface area (TPSA) is 84.4 Å². The molecule has 1 aromatic heterocycles. The van der Waals surface area contributed by atoms with E-state index in [1.165, 1.54) is 28.6 Å². The Kier molecular flexibility index (Phi) is 6.96. The number of aromatic nitrogens is 2. The summed E-state index contributed by atoms with van der Waals surface area (Å²) in [5.74, 6) is 0.795. The number of sulfonamides is 1. The fraction of sp³-hybridized carbons (Fsp3) is 0.238. The molecule has 3 aromatic rings. The third-order valence-corrected chi connectivity index (χ3v) is 6.45. The minimum Gasteiger partial charge on any atom is -0.439 e. The average molecular weight is 431 g/mol. The van der Waals surface area contributed by atoms with E-state index in [0.29, 0.717) is 37.2 Å². The molecule has 1 N–H and O–H groups in total. The molecule has 9 heteroatoms. The van der Waals surface area contributed by atoms with E-state index in [4.69, 9.17) is 4.74 Å². The summed E-state index contributed by atoms with van der Waals surface area (Å²) in [5.41, 5.74) is 0.877. The Balaban J connectivity index is 1.64. The summed E-state index contributed by atoms with van der Waals surface area (Å²) >= 11 is 0. The highest BCUT2D eigenvalue weighted by Gasteiger charge is 2.21. The van der Waals surface area contributed by atoms with Gasteiger partial charge in [0.1, 0.15) is 11.6 Å². The maximum Gasteiger partial charge on any atom is 0.243 e. The summed E-state index contributed by atoms with van der Waals surface area (Å²) in [6, 6.07) is 13.9. The molecule has 0 fully saturated rings. The summed E-state index contributed by atoms with van der Waals surface area (Å²) in [5, 5.41) is 3.08. The van der Waals surface area contributed by atoms with Gasteiger partial charge >= 0.3 is 0 Å². The van der Waals surface area contributed by atoms with Gasteiger partial charge in [-0.2, -0.15) is 9.29 Å². The number of hydrogen-bond acceptors (Lipinski definition) is 6. The van der Waals surface area contributed by atoms with Gasteiger partial charge in [0.15, 0.2) is 0 Å². The molecule has 0 atom stereocenters. The first-order valence-electron chi connectivity index (χ1n) is 9.51. The van der Waals surface area contributed by atoms with Crippen LogP contribution in [0.15, 0.2) is 65.7 Å². The van der Waals surface area contributed by atoms with Crippen LogP contribution in [-0.2, 0) is 16.6 Å². The largest absolute Gasteiger partial charge is 0.439 e. The normalized spacial score (nSPS) is 11.5. The Bertz CT molecular complexity index is 1070. The molecule has 0 spiro atoms. The van der Waals surface area contributed by atoms with E-state index in [9.17, 15) is 12.8 Å². The first-order valence-corrected chi connectivity index (χ1v) is 11.0. The van der Waals surface area contributed by atoms with E-state index in [0.717, 1.165) is 5.56 Å². The van der Waals surface area contributed by atoms with Crippen LogP contribution in [0.2, 0.25) is 0 Å². The van der Waals surface area contributed by atoms with Gasteiger partial charge < -0.3 is 10.1 Å². The average Bonchev–Trinajstić information content (AvgIpc) is 2.75. The lowest BCUT2D eigenvalue weighted by Gasteiger charge is -2.18. The van der Waals surface area contributed by atoms with Crippen LogP contribution >= 0.6 is 0 Å². The maximum absolute atomic E-state index is 13.0. The lowest BCUT2D eigenvalue weighted by atomic mass is 10.2. The lowest BCUT2D eigenvalue weighted by molar-refractivity contribution is 0.445. The molecule has 1 heterocycles. The SMILES string of the molecule is CCN(CC)S(=O)(=O)c1ccc(CNc2nccc(Oc3ccc(F)cc3)n2)cc1. The molecule has 30 heavy (non-hydrogen) atoms. The van der Waals surface area contributed by atoms with E-state index >= 15 is 0 Å². The number of halogens is 1. The Hall–Kier alpha value is -3.04. The summed E-state index contributed by atoms with van der Waals surface area (Å²) in [6.45, 7) is 4.89. The van der Waals surface area contributed by atoms with Crippen LogP contribution in [0, 0.1) is 5.82 Å². The number of hydrogen-bond donors (Lipinski definition) is 1. The summed E-state index contributed by atoms with van der Waals surface area (Å²) < 4.78 is 45.1. The molecule has 0 amide bonds. The van der Waals surface area contributed by atoms with Crippen molar-refractivity contribution in [3.05, 3.63) is 72.2 Å². The standard InChI is InChI=1S/C21H23FN4O3S/c1-3-26(4-2)30(27,28)19-11-5-16(6-12-19)15-24-21-23-14-13-20(25-21)29-18-9-7-17(22)8-10-18/h5-14H,3-4,15H2,1-2H3,(H,23,24,25). The molecule has 7 nitrogen and oxygen atoms in total. The first kappa shape index (κ1) is 21.7. The summed E-state index contributed by atoms with van der Waals surface area (Å²) in [7, 11) is -3.47. The van der Waals surface area contributed by atoms with E-state index < -0.39 is 10.0 Å². The van der Waals surface area contributed by atoms with E-state index in [1.807, 2.05) is 13.8 Å². The zero-order valence-electron chi connectivity index (χ0n) is 16.7. The maximum atomic E-state index is 13.0. The van der Waals surface area contributed by atoms with Gasteiger partial charge in [-0.1, -0.05) is 26.0 Å². The predicted octanol–water partition coefficient (Wildman–Crippen LogP) is 4.05. The minimum absolute atomic E-state index is 0.265. The van der Waals surface area contributed by atoms with Gasteiger partial charge in [-0.15, -0.1) is 0 Å². The van der Waals surface area contributed by atoms with E-state index in [1.54, 1.807) is 36.5 Å². The highest BCUT2D eigenvalue weighted by atomic mass is 32.2. The third-order valence-electron chi connectivity index (χ3n) is 4.38. The molecule has 3 rings (SSSR count). The van der Waals surface area contributed by atoms with Crippen LogP contribution in [0.4, 0.5) is 10.3 Å². The van der Waals surface area contributed by atoms with Crippen LogP contribution in [0.25, 0.3) is 0 Å². The zero-order chi connectivity index (χ0) is 21.6. The van der Waals surface area contributed by atoms with Gasteiger partial charge in [-0.3, -0.25) is 0 Å². The molecule has 0 aliphatic heterocycles. The molecule has 0 aliphatic carbocycles. The molecule has 0 bridgehead atoms. The van der Waals surface area contributed by atoms with E-state index in [-0.39, 0.29) is 10.7 Å². The number of nitrogens with zero attached hydrogens (tertiary/aromatic N) is 3. The Morgan fingerprint density at radius 2 is 1.67 bits per heavy atom. The molecule has 0 saturated heterocycles. The molecule has 0 radical (unpaired) electrons. The van der Waals surface area contributed by atoms with Crippen molar-refractivity contribution in [2.45, 2.75) is 25.3 Å². The van der Waals surface area contributed by atoms with Gasteiger partial charge in [0.2, 0.25) is 21.9 Å². The van der Waals surface area contributed by atoms with Crippen molar-refractivity contribution in [3.63, 3.8) is 0 Å². The van der Waals surface area contributed by atoms with Crippen molar-refractivity contribution < 1.29 is 17.5 Å². The Morgan fingerprint density at radius 1 is 1.00 bits per heavy atom. The molecular formula is C21H23FN4O3S. The van der Waals surface area contributed by atoms with Crippen molar-refractivity contribution in [3.8, 4) is 11.6 Å². The number of rotatable bonds is 9. The van der Waals surface area contributed by atoms with Crippen molar-refractivity contribution in [2.75, 3.05) is 18.4 Å². The minimum atomic E-state index is -3.47. The van der Waals surface area contributed by atoms with Crippen LogP contribution in [0.1, 0.15) is 19.4 Å². The van der Waals surface area contributed by atoms with Crippen molar-refractivity contribution in [1.29, 1.82) is 0 Å². The number of benzene rings is 2. The van der Waals surface area contributed by atoms with Crippen LogP contribution in [-0.4, -0.2) is 35.8 Å². The Morgan fingerprint density at radius 3 is 2.30 bits per heavy atom. The fourth-order valence-corrected chi connectivity index (χ4v) is 4.24. The second-order valence-electron chi connectivity index (χ2n) is 6.36. The van der Waals surface area contributed by atoms with Gasteiger partial charge in [0.25, 0.3) is 0 Å². The second kappa shape index (κ2) is 9.64. The smallest absolute Gasteiger partial charge is 0.243 e. The van der Waals surface area contributed by atoms with Gasteiger partial charge in [0, 0.05) is 31.9 Å². The summed E-state index contributed by atoms with van der Waals surface area (Å²) in [4.78, 5) is 8.68. The monoisotopic (exact) mass is 430 g/mol. The summed E-state index contributed by atoms with van der Waals surface area (Å²) in [6.07, 6.45) is 1.55. The molecule has 0 saturated carbocycles. The molecular weight excluding hydrogens is 407 g/mol. The van der Waals surface area contributed by atoms with Crippen molar-refractivity contribution in [1.82, 2.24) is 14.3 Å². The van der Waals surface area contributed by atoms with Crippen molar-refractivity contribution in [2.24, 2.45) is 0 Å². The third kappa shape index (κ3) is 5.31. The molecule has 158 valence electrons. The molecule has 2 aromatic carbocycles. The highest BCUT2D eigenvalue weighted by Crippen LogP contribution is 2.20. The van der Waals surface area contributed by atoms with Gasteiger partial charge in [-0.25, -0.2) is 17.8 Å². The van der Waals surface area contributed by atoms with Crippen LogP contribution in [0.3, 0.4) is 0 Å². The van der Waals surface area contributed by atoms with Gasteiger partial charge in [-0.05, 0) is 42.0 Å². The van der Waals surface area contributed by atoms with E-state index in [2.05, 4.69) is 15.3 Å².